The minimum Gasteiger partial charge on any atom is -0.478 e. The average Bonchev–Trinajstić information content (AvgIpc) is 2.14. The number of hydrogen-bond acceptors (Lipinski definition) is 4. The van der Waals surface area contributed by atoms with Gasteiger partial charge in [-0.3, -0.25) is 0 Å². The Kier molecular flexibility index (Phi) is 6.39. The molecule has 0 aromatic heterocycles. The molecule has 0 saturated carbocycles. The van der Waals surface area contributed by atoms with Crippen LogP contribution < -0.4 is 0 Å². The highest BCUT2D eigenvalue weighted by atomic mass is 16.5. The molecule has 0 rings (SSSR count). The molecule has 1 atom stereocenters. The second-order valence-electron chi connectivity index (χ2n) is 2.67. The first-order valence-corrected chi connectivity index (χ1v) is 4.16. The highest BCUT2D eigenvalue weighted by Gasteiger charge is 2.02. The van der Waals surface area contributed by atoms with Crippen LogP contribution in [0.5, 0.6) is 0 Å². The number of carbonyl (C=O) groups excluding carboxylic acids is 1. The van der Waals surface area contributed by atoms with E-state index in [1.165, 1.54) is 0 Å². The molecule has 14 heavy (non-hydrogen) atoms. The minimum atomic E-state index is -1.17. The molecule has 0 radical (unpaired) electrons. The summed E-state index contributed by atoms with van der Waals surface area (Å²) in [4.78, 5) is 20.8. The van der Waals surface area contributed by atoms with Crippen molar-refractivity contribution in [1.82, 2.24) is 0 Å². The molecule has 0 saturated heterocycles. The normalized spacial score (nSPS) is 12.7. The molecular weight excluding hydrogens is 188 g/mol. The predicted molar refractivity (Wildman–Crippen MR) is 48.8 cm³/mol. The van der Waals surface area contributed by atoms with Gasteiger partial charge < -0.3 is 14.6 Å². The number of methoxy groups -OCH3 is 1. The number of hydrogen-bond donors (Lipinski definition) is 1. The van der Waals surface area contributed by atoms with Crippen LogP contribution in [0.15, 0.2) is 12.2 Å². The zero-order valence-electron chi connectivity index (χ0n) is 8.23. The quantitative estimate of drug-likeness (QED) is 0.504. The molecule has 0 aliphatic carbocycles. The van der Waals surface area contributed by atoms with Crippen molar-refractivity contribution in [3.63, 3.8) is 0 Å². The van der Waals surface area contributed by atoms with Crippen molar-refractivity contribution >= 4 is 11.9 Å². The van der Waals surface area contributed by atoms with Gasteiger partial charge in [0.2, 0.25) is 0 Å². The number of ether oxygens (including phenoxy) is 2. The van der Waals surface area contributed by atoms with Crippen LogP contribution in [0.4, 0.5) is 0 Å². The molecule has 0 fully saturated rings. The maximum absolute atomic E-state index is 10.8. The number of rotatable bonds is 6. The van der Waals surface area contributed by atoms with Crippen LogP contribution in [0.3, 0.4) is 0 Å². The molecule has 1 unspecified atom stereocenters. The Morgan fingerprint density at radius 1 is 1.43 bits per heavy atom. The van der Waals surface area contributed by atoms with Gasteiger partial charge in [0.05, 0.1) is 12.7 Å². The predicted octanol–water partition coefficient (Wildman–Crippen LogP) is 0.595. The third-order valence-electron chi connectivity index (χ3n) is 1.53. The largest absolute Gasteiger partial charge is 0.478 e. The lowest BCUT2D eigenvalue weighted by atomic mass is 10.3. The van der Waals surface area contributed by atoms with E-state index in [2.05, 4.69) is 0 Å². The second-order valence-corrected chi connectivity index (χ2v) is 2.67. The fraction of sp³-hybridized carbons (Fsp3) is 0.556. The number of carboxylic acids is 1. The van der Waals surface area contributed by atoms with Crippen molar-refractivity contribution in [3.05, 3.63) is 12.2 Å². The number of aliphatic carboxylic acids is 1. The van der Waals surface area contributed by atoms with Gasteiger partial charge in [-0.25, -0.2) is 9.59 Å². The molecule has 80 valence electrons. The van der Waals surface area contributed by atoms with E-state index in [-0.39, 0.29) is 12.7 Å². The lowest BCUT2D eigenvalue weighted by molar-refractivity contribution is -0.139. The molecule has 0 aliphatic rings. The lowest BCUT2D eigenvalue weighted by Crippen LogP contribution is -2.11. The Balaban J connectivity index is 3.59. The van der Waals surface area contributed by atoms with E-state index >= 15 is 0 Å². The molecule has 0 aromatic rings. The van der Waals surface area contributed by atoms with Crippen molar-refractivity contribution in [3.8, 4) is 0 Å². The van der Waals surface area contributed by atoms with Crippen LogP contribution in [0, 0.1) is 0 Å². The van der Waals surface area contributed by atoms with Crippen LogP contribution in [0.2, 0.25) is 0 Å². The molecule has 1 N–H and O–H groups in total. The third kappa shape index (κ3) is 7.30. The Labute approximate surface area is 82.3 Å². The molecule has 0 spiro atoms. The number of carboxylic acid groups (broad SMARTS) is 1. The van der Waals surface area contributed by atoms with Gasteiger partial charge in [-0.1, -0.05) is 0 Å². The van der Waals surface area contributed by atoms with E-state index < -0.39 is 11.9 Å². The van der Waals surface area contributed by atoms with Crippen molar-refractivity contribution in [1.29, 1.82) is 0 Å². The van der Waals surface area contributed by atoms with Gasteiger partial charge in [0.25, 0.3) is 0 Å². The summed E-state index contributed by atoms with van der Waals surface area (Å²) >= 11 is 0. The van der Waals surface area contributed by atoms with Crippen molar-refractivity contribution in [2.24, 2.45) is 0 Å². The molecule has 0 bridgehead atoms. The van der Waals surface area contributed by atoms with Crippen molar-refractivity contribution in [2.75, 3.05) is 13.7 Å². The summed E-state index contributed by atoms with van der Waals surface area (Å²) in [6.45, 7) is 2.07. The van der Waals surface area contributed by atoms with Gasteiger partial charge in [0, 0.05) is 25.7 Å². The first-order valence-electron chi connectivity index (χ1n) is 4.16. The summed E-state index contributed by atoms with van der Waals surface area (Å²) in [6.07, 6.45) is 2.22. The van der Waals surface area contributed by atoms with Crippen LogP contribution >= 0.6 is 0 Å². The zero-order chi connectivity index (χ0) is 11.0. The van der Waals surface area contributed by atoms with Gasteiger partial charge in [-0.15, -0.1) is 0 Å². The standard InChI is InChI=1S/C9H14O5/c1-7(13-2)5-6-14-9(12)4-3-8(10)11/h3-4,7H,5-6H2,1-2H3,(H,10,11)/b4-3-. The average molecular weight is 202 g/mol. The van der Waals surface area contributed by atoms with E-state index in [4.69, 9.17) is 14.6 Å². The van der Waals surface area contributed by atoms with Crippen molar-refractivity contribution in [2.45, 2.75) is 19.4 Å². The Bertz CT molecular complexity index is 221. The van der Waals surface area contributed by atoms with E-state index in [1.807, 2.05) is 6.92 Å². The summed E-state index contributed by atoms with van der Waals surface area (Å²) in [5.41, 5.74) is 0. The summed E-state index contributed by atoms with van der Waals surface area (Å²) in [5, 5.41) is 8.20. The zero-order valence-corrected chi connectivity index (χ0v) is 8.23. The first-order chi connectivity index (χ1) is 6.56. The smallest absolute Gasteiger partial charge is 0.331 e. The van der Waals surface area contributed by atoms with Crippen LogP contribution in [0.1, 0.15) is 13.3 Å². The highest BCUT2D eigenvalue weighted by molar-refractivity contribution is 5.90. The molecule has 0 aromatic carbocycles. The topological polar surface area (TPSA) is 72.8 Å². The maximum Gasteiger partial charge on any atom is 0.331 e. The Morgan fingerprint density at radius 2 is 2.07 bits per heavy atom. The monoisotopic (exact) mass is 202 g/mol. The summed E-state index contributed by atoms with van der Waals surface area (Å²) in [7, 11) is 1.57. The van der Waals surface area contributed by atoms with Gasteiger partial charge in [0.1, 0.15) is 0 Å². The first kappa shape index (κ1) is 12.6. The Morgan fingerprint density at radius 3 is 2.57 bits per heavy atom. The fourth-order valence-electron chi connectivity index (χ4n) is 0.631. The number of esters is 1. The lowest BCUT2D eigenvalue weighted by Gasteiger charge is -2.08. The molecular formula is C9H14O5. The van der Waals surface area contributed by atoms with E-state index in [0.717, 1.165) is 12.2 Å². The highest BCUT2D eigenvalue weighted by Crippen LogP contribution is 1.95. The summed E-state index contributed by atoms with van der Waals surface area (Å²) in [6, 6.07) is 0. The summed E-state index contributed by atoms with van der Waals surface area (Å²) in [5.74, 6) is -1.83. The van der Waals surface area contributed by atoms with E-state index in [9.17, 15) is 9.59 Å². The van der Waals surface area contributed by atoms with Gasteiger partial charge >= 0.3 is 11.9 Å². The van der Waals surface area contributed by atoms with Crippen molar-refractivity contribution < 1.29 is 24.2 Å². The third-order valence-corrected chi connectivity index (χ3v) is 1.53. The minimum absolute atomic E-state index is 0.0197. The molecule has 5 heteroatoms. The SMILES string of the molecule is COC(C)CCOC(=O)/C=C\C(=O)O. The number of carbonyl (C=O) groups is 2. The van der Waals surface area contributed by atoms with E-state index in [0.29, 0.717) is 6.42 Å². The van der Waals surface area contributed by atoms with E-state index in [1.54, 1.807) is 7.11 Å². The van der Waals surface area contributed by atoms with Gasteiger partial charge in [-0.2, -0.15) is 0 Å². The molecule has 0 aliphatic heterocycles. The van der Waals surface area contributed by atoms with Gasteiger partial charge in [0.15, 0.2) is 0 Å². The van der Waals surface area contributed by atoms with Gasteiger partial charge in [-0.05, 0) is 6.92 Å². The fourth-order valence-corrected chi connectivity index (χ4v) is 0.631. The molecule has 0 amide bonds. The maximum atomic E-state index is 10.8. The summed E-state index contributed by atoms with van der Waals surface area (Å²) < 4.78 is 9.62. The van der Waals surface area contributed by atoms with Crippen LogP contribution in [-0.2, 0) is 19.1 Å². The molecule has 5 nitrogen and oxygen atoms in total. The second kappa shape index (κ2) is 7.08. The van der Waals surface area contributed by atoms with Crippen LogP contribution in [-0.4, -0.2) is 36.9 Å². The Hall–Kier alpha value is -1.36. The van der Waals surface area contributed by atoms with Crippen LogP contribution in [0.25, 0.3) is 0 Å². The molecule has 0 heterocycles.